The summed E-state index contributed by atoms with van der Waals surface area (Å²) in [5.74, 6) is -1.63. The number of benzene rings is 1. The van der Waals surface area contributed by atoms with E-state index in [0.29, 0.717) is 5.69 Å². The van der Waals surface area contributed by atoms with Crippen LogP contribution < -0.4 is 11.1 Å². The molecular formula is C14H13F2N3O. The van der Waals surface area contributed by atoms with E-state index in [-0.39, 0.29) is 23.4 Å². The van der Waals surface area contributed by atoms with Crippen molar-refractivity contribution in [2.24, 2.45) is 0 Å². The molecule has 0 fully saturated rings. The van der Waals surface area contributed by atoms with Crippen LogP contribution in [0, 0.1) is 18.6 Å². The van der Waals surface area contributed by atoms with Gasteiger partial charge in [-0.2, -0.15) is 0 Å². The second-order valence-electron chi connectivity index (χ2n) is 4.33. The van der Waals surface area contributed by atoms with Gasteiger partial charge >= 0.3 is 0 Å². The molecule has 0 atom stereocenters. The minimum absolute atomic E-state index is 0.0667. The summed E-state index contributed by atoms with van der Waals surface area (Å²) >= 11 is 0. The van der Waals surface area contributed by atoms with E-state index in [1.807, 2.05) is 0 Å². The van der Waals surface area contributed by atoms with Gasteiger partial charge in [0.25, 0.3) is 5.91 Å². The van der Waals surface area contributed by atoms with Crippen LogP contribution in [0.15, 0.2) is 30.5 Å². The van der Waals surface area contributed by atoms with Crippen LogP contribution in [0.1, 0.15) is 21.6 Å². The number of carbonyl (C=O) groups excluding carboxylic acids is 1. The zero-order chi connectivity index (χ0) is 14.7. The standard InChI is InChI=1S/C14H13F2N3O/c1-8-4-13(17)11(7-18-8)14(20)19-6-9-5-10(15)2-3-12(9)16/h2-5,7H,6H2,1H3,(H2,17,18)(H,19,20). The summed E-state index contributed by atoms with van der Waals surface area (Å²) in [7, 11) is 0. The number of aromatic nitrogens is 1. The summed E-state index contributed by atoms with van der Waals surface area (Å²) in [5.41, 5.74) is 6.96. The van der Waals surface area contributed by atoms with Crippen LogP contribution in [0.25, 0.3) is 0 Å². The van der Waals surface area contributed by atoms with E-state index in [2.05, 4.69) is 10.3 Å². The second kappa shape index (κ2) is 5.64. The van der Waals surface area contributed by atoms with Crippen LogP contribution in [0.4, 0.5) is 14.5 Å². The average Bonchev–Trinajstić information content (AvgIpc) is 2.39. The average molecular weight is 277 g/mol. The van der Waals surface area contributed by atoms with Gasteiger partial charge < -0.3 is 11.1 Å². The first-order valence-corrected chi connectivity index (χ1v) is 5.91. The predicted molar refractivity (Wildman–Crippen MR) is 70.9 cm³/mol. The van der Waals surface area contributed by atoms with Gasteiger partial charge in [0.15, 0.2) is 0 Å². The van der Waals surface area contributed by atoms with Crippen LogP contribution >= 0.6 is 0 Å². The third-order valence-electron chi connectivity index (χ3n) is 2.76. The Morgan fingerprint density at radius 1 is 1.35 bits per heavy atom. The minimum atomic E-state index is -0.582. The number of aryl methyl sites for hydroxylation is 1. The van der Waals surface area contributed by atoms with Gasteiger partial charge in [0.2, 0.25) is 0 Å². The molecular weight excluding hydrogens is 264 g/mol. The predicted octanol–water partition coefficient (Wildman–Crippen LogP) is 2.18. The molecule has 2 aromatic rings. The first kappa shape index (κ1) is 13.9. The van der Waals surface area contributed by atoms with Crippen LogP contribution in [0.5, 0.6) is 0 Å². The number of pyridine rings is 1. The van der Waals surface area contributed by atoms with E-state index in [0.717, 1.165) is 18.2 Å². The maximum atomic E-state index is 13.4. The molecule has 3 N–H and O–H groups in total. The number of hydrogen-bond acceptors (Lipinski definition) is 3. The van der Waals surface area contributed by atoms with E-state index in [1.54, 1.807) is 13.0 Å². The van der Waals surface area contributed by atoms with Gasteiger partial charge in [-0.25, -0.2) is 8.78 Å². The maximum Gasteiger partial charge on any atom is 0.255 e. The van der Waals surface area contributed by atoms with Crippen LogP contribution in [-0.4, -0.2) is 10.9 Å². The SMILES string of the molecule is Cc1cc(N)c(C(=O)NCc2cc(F)ccc2F)cn1. The lowest BCUT2D eigenvalue weighted by atomic mass is 10.1. The van der Waals surface area contributed by atoms with Gasteiger partial charge in [-0.1, -0.05) is 0 Å². The Morgan fingerprint density at radius 3 is 2.80 bits per heavy atom. The van der Waals surface area contributed by atoms with Crippen molar-refractivity contribution in [3.8, 4) is 0 Å². The fourth-order valence-corrected chi connectivity index (χ4v) is 1.72. The van der Waals surface area contributed by atoms with Crippen LogP contribution in [-0.2, 0) is 6.54 Å². The lowest BCUT2D eigenvalue weighted by molar-refractivity contribution is 0.0951. The number of nitrogen functional groups attached to an aromatic ring is 1. The second-order valence-corrected chi connectivity index (χ2v) is 4.33. The van der Waals surface area contributed by atoms with E-state index < -0.39 is 17.5 Å². The molecule has 1 aromatic carbocycles. The molecule has 4 nitrogen and oxygen atoms in total. The normalized spacial score (nSPS) is 10.3. The van der Waals surface area contributed by atoms with E-state index >= 15 is 0 Å². The summed E-state index contributed by atoms with van der Waals surface area (Å²) in [5, 5.41) is 2.48. The van der Waals surface area contributed by atoms with E-state index in [9.17, 15) is 13.6 Å². The Morgan fingerprint density at radius 2 is 2.10 bits per heavy atom. The highest BCUT2D eigenvalue weighted by Crippen LogP contribution is 2.13. The highest BCUT2D eigenvalue weighted by molar-refractivity contribution is 5.98. The summed E-state index contributed by atoms with van der Waals surface area (Å²) in [4.78, 5) is 15.9. The molecule has 1 aromatic heterocycles. The van der Waals surface area contributed by atoms with Crippen molar-refractivity contribution in [3.63, 3.8) is 0 Å². The van der Waals surface area contributed by atoms with Gasteiger partial charge in [-0.3, -0.25) is 9.78 Å². The Labute approximate surface area is 114 Å². The number of anilines is 1. The van der Waals surface area contributed by atoms with Crippen molar-refractivity contribution in [3.05, 3.63) is 58.9 Å². The number of amides is 1. The molecule has 104 valence electrons. The molecule has 0 radical (unpaired) electrons. The monoisotopic (exact) mass is 277 g/mol. The number of halogens is 2. The number of nitrogens with one attached hydrogen (secondary N) is 1. The molecule has 0 spiro atoms. The zero-order valence-electron chi connectivity index (χ0n) is 10.8. The van der Waals surface area contributed by atoms with Crippen molar-refractivity contribution in [1.82, 2.24) is 10.3 Å². The third-order valence-corrected chi connectivity index (χ3v) is 2.76. The Bertz CT molecular complexity index is 659. The summed E-state index contributed by atoms with van der Waals surface area (Å²) in [6.45, 7) is 1.62. The number of carbonyl (C=O) groups is 1. The highest BCUT2D eigenvalue weighted by Gasteiger charge is 2.11. The van der Waals surface area contributed by atoms with Crippen molar-refractivity contribution in [1.29, 1.82) is 0 Å². The molecule has 1 heterocycles. The molecule has 0 aliphatic heterocycles. The molecule has 20 heavy (non-hydrogen) atoms. The Hall–Kier alpha value is -2.50. The molecule has 0 aliphatic rings. The fourth-order valence-electron chi connectivity index (χ4n) is 1.72. The fraction of sp³-hybridized carbons (Fsp3) is 0.143. The lowest BCUT2D eigenvalue weighted by Crippen LogP contribution is -2.24. The zero-order valence-corrected chi connectivity index (χ0v) is 10.8. The lowest BCUT2D eigenvalue weighted by Gasteiger charge is -2.08. The number of nitrogens with zero attached hydrogens (tertiary/aromatic N) is 1. The first-order chi connectivity index (χ1) is 9.47. The van der Waals surface area contributed by atoms with Gasteiger partial charge in [0, 0.05) is 29.7 Å². The van der Waals surface area contributed by atoms with Crippen LogP contribution in [0.3, 0.4) is 0 Å². The van der Waals surface area contributed by atoms with Crippen molar-refractivity contribution in [2.75, 3.05) is 5.73 Å². The topological polar surface area (TPSA) is 68.0 Å². The quantitative estimate of drug-likeness (QED) is 0.903. The minimum Gasteiger partial charge on any atom is -0.398 e. The van der Waals surface area contributed by atoms with Crippen molar-refractivity contribution in [2.45, 2.75) is 13.5 Å². The highest BCUT2D eigenvalue weighted by atomic mass is 19.1. The number of hydrogen-bond donors (Lipinski definition) is 2. The van der Waals surface area contributed by atoms with Gasteiger partial charge in [0.05, 0.1) is 5.56 Å². The van der Waals surface area contributed by atoms with Gasteiger partial charge in [0.1, 0.15) is 11.6 Å². The Balaban J connectivity index is 2.10. The largest absolute Gasteiger partial charge is 0.398 e. The number of rotatable bonds is 3. The Kier molecular flexibility index (Phi) is 3.93. The molecule has 2 rings (SSSR count). The molecule has 0 saturated carbocycles. The van der Waals surface area contributed by atoms with Gasteiger partial charge in [-0.05, 0) is 31.2 Å². The number of nitrogens with two attached hydrogens (primary N) is 1. The molecule has 0 saturated heterocycles. The maximum absolute atomic E-state index is 13.4. The summed E-state index contributed by atoms with van der Waals surface area (Å²) in [6.07, 6.45) is 1.35. The van der Waals surface area contributed by atoms with Gasteiger partial charge in [-0.15, -0.1) is 0 Å². The molecule has 0 unspecified atom stereocenters. The first-order valence-electron chi connectivity index (χ1n) is 5.91. The molecule has 0 aliphatic carbocycles. The summed E-state index contributed by atoms with van der Waals surface area (Å²) in [6, 6.07) is 4.63. The third kappa shape index (κ3) is 3.09. The summed E-state index contributed by atoms with van der Waals surface area (Å²) < 4.78 is 26.4. The smallest absolute Gasteiger partial charge is 0.255 e. The molecule has 0 bridgehead atoms. The van der Waals surface area contributed by atoms with E-state index in [4.69, 9.17) is 5.73 Å². The van der Waals surface area contributed by atoms with E-state index in [1.165, 1.54) is 6.20 Å². The van der Waals surface area contributed by atoms with Crippen LogP contribution in [0.2, 0.25) is 0 Å². The molecule has 6 heteroatoms. The van der Waals surface area contributed by atoms with Crippen molar-refractivity contribution < 1.29 is 13.6 Å². The van der Waals surface area contributed by atoms with Crippen molar-refractivity contribution >= 4 is 11.6 Å². The molecule has 1 amide bonds.